The Balaban J connectivity index is 2.10. The van der Waals surface area contributed by atoms with E-state index in [1.165, 1.54) is 11.1 Å². The van der Waals surface area contributed by atoms with Gasteiger partial charge in [0, 0.05) is 11.3 Å². The van der Waals surface area contributed by atoms with Gasteiger partial charge in [0.1, 0.15) is 0 Å². The van der Waals surface area contributed by atoms with Gasteiger partial charge in [0.15, 0.2) is 4.77 Å². The third-order valence-electron chi connectivity index (χ3n) is 3.59. The molecule has 4 heteroatoms. The zero-order valence-corrected chi connectivity index (χ0v) is 13.8. The van der Waals surface area contributed by atoms with Gasteiger partial charge in [-0.2, -0.15) is 0 Å². The number of nitrogens with one attached hydrogen (secondary N) is 2. The Kier molecular flexibility index (Phi) is 3.86. The molecule has 0 spiro atoms. The summed E-state index contributed by atoms with van der Waals surface area (Å²) in [7, 11) is 0. The van der Waals surface area contributed by atoms with E-state index in [0.717, 1.165) is 22.6 Å². The maximum absolute atomic E-state index is 5.47. The molecule has 22 heavy (non-hydrogen) atoms. The summed E-state index contributed by atoms with van der Waals surface area (Å²) in [5.41, 5.74) is 10.1. The second-order valence-electron chi connectivity index (χ2n) is 5.59. The predicted molar refractivity (Wildman–Crippen MR) is 94.7 cm³/mol. The van der Waals surface area contributed by atoms with E-state index in [0.29, 0.717) is 4.77 Å². The van der Waals surface area contributed by atoms with Crippen LogP contribution in [0.3, 0.4) is 0 Å². The number of imidazole rings is 1. The minimum atomic E-state index is 0.663. The van der Waals surface area contributed by atoms with Crippen molar-refractivity contribution in [1.82, 2.24) is 9.66 Å². The first-order chi connectivity index (χ1) is 10.5. The quantitative estimate of drug-likeness (QED) is 0.666. The van der Waals surface area contributed by atoms with E-state index in [-0.39, 0.29) is 0 Å². The van der Waals surface area contributed by atoms with Gasteiger partial charge >= 0.3 is 0 Å². The van der Waals surface area contributed by atoms with E-state index < -0.39 is 0 Å². The molecule has 0 radical (unpaired) electrons. The number of benzene rings is 2. The highest BCUT2D eigenvalue weighted by molar-refractivity contribution is 7.71. The third-order valence-corrected chi connectivity index (χ3v) is 3.87. The molecule has 0 aliphatic rings. The number of hydrogen-bond acceptors (Lipinski definition) is 2. The molecular formula is C18H19N3S. The third kappa shape index (κ3) is 2.83. The first-order valence-electron chi connectivity index (χ1n) is 7.27. The number of nitrogens with zero attached hydrogens (tertiary/aromatic N) is 1. The van der Waals surface area contributed by atoms with Crippen LogP contribution in [-0.4, -0.2) is 9.66 Å². The standard InChI is InChI=1S/C18H19N3S/c1-12-9-13(2)11-16(10-12)20-21-17(14(3)19-18(21)22)15-7-5-4-6-8-15/h4-11,20H,1-3H3,(H,19,22). The molecule has 0 saturated carbocycles. The number of rotatable bonds is 3. The summed E-state index contributed by atoms with van der Waals surface area (Å²) in [6, 6.07) is 16.7. The van der Waals surface area contributed by atoms with Crippen molar-refractivity contribution in [3.05, 3.63) is 70.1 Å². The lowest BCUT2D eigenvalue weighted by Gasteiger charge is -2.13. The Morgan fingerprint density at radius 2 is 1.59 bits per heavy atom. The lowest BCUT2D eigenvalue weighted by atomic mass is 10.1. The van der Waals surface area contributed by atoms with Gasteiger partial charge in [0.05, 0.1) is 11.4 Å². The zero-order valence-electron chi connectivity index (χ0n) is 13.0. The summed E-state index contributed by atoms with van der Waals surface area (Å²) in [5, 5.41) is 0. The van der Waals surface area contributed by atoms with Gasteiger partial charge in [-0.15, -0.1) is 0 Å². The lowest BCUT2D eigenvalue weighted by molar-refractivity contribution is 0.941. The van der Waals surface area contributed by atoms with E-state index in [1.807, 2.05) is 29.8 Å². The van der Waals surface area contributed by atoms with E-state index in [2.05, 4.69) is 54.6 Å². The second kappa shape index (κ2) is 5.81. The maximum atomic E-state index is 5.47. The van der Waals surface area contributed by atoms with E-state index >= 15 is 0 Å². The van der Waals surface area contributed by atoms with Crippen LogP contribution >= 0.6 is 12.2 Å². The molecule has 0 saturated heterocycles. The van der Waals surface area contributed by atoms with Crippen molar-refractivity contribution in [3.63, 3.8) is 0 Å². The summed E-state index contributed by atoms with van der Waals surface area (Å²) in [4.78, 5) is 3.24. The summed E-state index contributed by atoms with van der Waals surface area (Å²) in [6.45, 7) is 6.23. The number of aromatic nitrogens is 2. The molecule has 2 N–H and O–H groups in total. The van der Waals surface area contributed by atoms with Gasteiger partial charge < -0.3 is 4.98 Å². The Hall–Kier alpha value is -2.33. The average Bonchev–Trinajstić information content (AvgIpc) is 2.73. The Morgan fingerprint density at radius 1 is 0.955 bits per heavy atom. The molecule has 1 heterocycles. The van der Waals surface area contributed by atoms with Crippen LogP contribution < -0.4 is 5.43 Å². The van der Waals surface area contributed by atoms with Gasteiger partial charge in [0.25, 0.3) is 0 Å². The summed E-state index contributed by atoms with van der Waals surface area (Å²) in [6.07, 6.45) is 0. The molecule has 112 valence electrons. The van der Waals surface area contributed by atoms with E-state index in [9.17, 15) is 0 Å². The molecule has 0 bridgehead atoms. The Morgan fingerprint density at radius 3 is 2.23 bits per heavy atom. The minimum Gasteiger partial charge on any atom is -0.333 e. The van der Waals surface area contributed by atoms with Crippen molar-refractivity contribution >= 4 is 17.9 Å². The lowest BCUT2D eigenvalue weighted by Crippen LogP contribution is -2.11. The van der Waals surface area contributed by atoms with Crippen molar-refractivity contribution in [2.24, 2.45) is 0 Å². The fraction of sp³-hybridized carbons (Fsp3) is 0.167. The van der Waals surface area contributed by atoms with Gasteiger partial charge in [-0.3, -0.25) is 5.43 Å². The number of H-pyrrole nitrogens is 1. The van der Waals surface area contributed by atoms with Gasteiger partial charge in [-0.1, -0.05) is 36.4 Å². The maximum Gasteiger partial charge on any atom is 0.197 e. The highest BCUT2D eigenvalue weighted by Gasteiger charge is 2.11. The Bertz CT molecular complexity index is 840. The van der Waals surface area contributed by atoms with Crippen LogP contribution in [0, 0.1) is 25.5 Å². The number of hydrogen-bond donors (Lipinski definition) is 2. The smallest absolute Gasteiger partial charge is 0.197 e. The van der Waals surface area contributed by atoms with Crippen LogP contribution in [0.25, 0.3) is 11.3 Å². The van der Waals surface area contributed by atoms with Crippen LogP contribution in [0.5, 0.6) is 0 Å². The van der Waals surface area contributed by atoms with Crippen LogP contribution in [0.1, 0.15) is 16.8 Å². The normalized spacial score (nSPS) is 10.7. The molecule has 0 aliphatic carbocycles. The fourth-order valence-electron chi connectivity index (χ4n) is 2.76. The van der Waals surface area contributed by atoms with Crippen molar-refractivity contribution in [1.29, 1.82) is 0 Å². The Labute approximate surface area is 135 Å². The van der Waals surface area contributed by atoms with Crippen LogP contribution in [0.4, 0.5) is 5.69 Å². The van der Waals surface area contributed by atoms with Crippen molar-refractivity contribution in [2.75, 3.05) is 5.43 Å². The second-order valence-corrected chi connectivity index (χ2v) is 5.98. The van der Waals surface area contributed by atoms with Crippen LogP contribution in [-0.2, 0) is 0 Å². The highest BCUT2D eigenvalue weighted by atomic mass is 32.1. The number of aromatic amines is 1. The number of anilines is 1. The zero-order chi connectivity index (χ0) is 15.7. The van der Waals surface area contributed by atoms with E-state index in [1.54, 1.807) is 0 Å². The summed E-state index contributed by atoms with van der Waals surface area (Å²) < 4.78 is 2.60. The SMILES string of the molecule is Cc1cc(C)cc(Nn2c(-c3ccccc3)c(C)[nH]c2=S)c1. The molecule has 2 aromatic carbocycles. The predicted octanol–water partition coefficient (Wildman–Crippen LogP) is 5.01. The molecule has 3 nitrogen and oxygen atoms in total. The van der Waals surface area contributed by atoms with E-state index in [4.69, 9.17) is 12.2 Å². The summed E-state index contributed by atoms with van der Waals surface area (Å²) >= 11 is 5.47. The van der Waals surface area contributed by atoms with Crippen LogP contribution in [0.2, 0.25) is 0 Å². The van der Waals surface area contributed by atoms with Crippen LogP contribution in [0.15, 0.2) is 48.5 Å². The monoisotopic (exact) mass is 309 g/mol. The van der Waals surface area contributed by atoms with Crippen molar-refractivity contribution in [3.8, 4) is 11.3 Å². The first-order valence-corrected chi connectivity index (χ1v) is 7.68. The minimum absolute atomic E-state index is 0.663. The molecule has 0 aliphatic heterocycles. The van der Waals surface area contributed by atoms with Gasteiger partial charge in [-0.25, -0.2) is 4.68 Å². The van der Waals surface area contributed by atoms with Gasteiger partial charge in [0.2, 0.25) is 0 Å². The van der Waals surface area contributed by atoms with Crippen molar-refractivity contribution in [2.45, 2.75) is 20.8 Å². The van der Waals surface area contributed by atoms with Crippen molar-refractivity contribution < 1.29 is 0 Å². The first kappa shape index (κ1) is 14.6. The summed E-state index contributed by atoms with van der Waals surface area (Å²) in [5.74, 6) is 0. The molecule has 1 aromatic heterocycles. The molecule has 0 unspecified atom stereocenters. The van der Waals surface area contributed by atoms with Gasteiger partial charge in [-0.05, 0) is 56.2 Å². The highest BCUT2D eigenvalue weighted by Crippen LogP contribution is 2.24. The largest absolute Gasteiger partial charge is 0.333 e. The molecule has 0 amide bonds. The fourth-order valence-corrected chi connectivity index (χ4v) is 3.05. The number of aryl methyl sites for hydroxylation is 3. The molecule has 0 atom stereocenters. The molecule has 3 rings (SSSR count). The average molecular weight is 309 g/mol. The molecule has 3 aromatic rings. The topological polar surface area (TPSA) is 32.8 Å². The molecule has 0 fully saturated rings. The molecular weight excluding hydrogens is 290 g/mol.